The van der Waals surface area contributed by atoms with Crippen LogP contribution in [0.2, 0.25) is 0 Å². The first-order valence-electron chi connectivity index (χ1n) is 7.14. The molecule has 0 heterocycles. The van der Waals surface area contributed by atoms with E-state index in [1.165, 1.54) is 24.0 Å². The van der Waals surface area contributed by atoms with Crippen LogP contribution in [0.25, 0.3) is 0 Å². The third-order valence-corrected chi connectivity index (χ3v) is 3.76. The second-order valence-electron chi connectivity index (χ2n) is 5.93. The molecule has 100 valence electrons. The van der Waals surface area contributed by atoms with E-state index in [1.807, 2.05) is 0 Å². The van der Waals surface area contributed by atoms with Crippen LogP contribution in [-0.2, 0) is 0 Å². The molecule has 1 aromatic carbocycles. The molecule has 0 radical (unpaired) electrons. The first-order chi connectivity index (χ1) is 8.63. The van der Waals surface area contributed by atoms with Gasteiger partial charge in [-0.05, 0) is 36.8 Å². The van der Waals surface area contributed by atoms with Gasteiger partial charge in [-0.3, -0.25) is 4.90 Å². The average Bonchev–Trinajstić information content (AvgIpc) is 3.14. The maximum Gasteiger partial charge on any atom is 0.0476 e. The quantitative estimate of drug-likeness (QED) is 0.835. The Labute approximate surface area is 111 Å². The highest BCUT2D eigenvalue weighted by Crippen LogP contribution is 2.35. The highest BCUT2D eigenvalue weighted by molar-refractivity contribution is 5.29. The van der Waals surface area contributed by atoms with Gasteiger partial charge in [0, 0.05) is 25.2 Å². The molecule has 1 fully saturated rings. The summed E-state index contributed by atoms with van der Waals surface area (Å²) in [5.74, 6) is 0.698. The molecular formula is C16H26N2. The summed E-state index contributed by atoms with van der Waals surface area (Å²) in [6, 6.07) is 9.82. The SMILES string of the molecule is Cc1ccccc1C(CN)N(CC(C)C)C1CC1. The largest absolute Gasteiger partial charge is 0.329 e. The summed E-state index contributed by atoms with van der Waals surface area (Å²) in [5.41, 5.74) is 8.85. The summed E-state index contributed by atoms with van der Waals surface area (Å²) in [6.07, 6.45) is 2.68. The van der Waals surface area contributed by atoms with E-state index in [0.717, 1.165) is 12.6 Å². The van der Waals surface area contributed by atoms with Gasteiger partial charge in [0.15, 0.2) is 0 Å². The van der Waals surface area contributed by atoms with Crippen molar-refractivity contribution in [3.8, 4) is 0 Å². The average molecular weight is 246 g/mol. The topological polar surface area (TPSA) is 29.3 Å². The summed E-state index contributed by atoms with van der Waals surface area (Å²) in [4.78, 5) is 2.63. The van der Waals surface area contributed by atoms with Crippen LogP contribution in [0.4, 0.5) is 0 Å². The van der Waals surface area contributed by atoms with Crippen LogP contribution in [0.5, 0.6) is 0 Å². The molecule has 1 unspecified atom stereocenters. The van der Waals surface area contributed by atoms with Crippen molar-refractivity contribution < 1.29 is 0 Å². The monoisotopic (exact) mass is 246 g/mol. The molecule has 2 heteroatoms. The van der Waals surface area contributed by atoms with Crippen molar-refractivity contribution in [1.82, 2.24) is 4.90 Å². The molecule has 0 bridgehead atoms. The van der Waals surface area contributed by atoms with Crippen molar-refractivity contribution in [3.63, 3.8) is 0 Å². The third kappa shape index (κ3) is 3.12. The molecule has 2 rings (SSSR count). The summed E-state index contributed by atoms with van der Waals surface area (Å²) >= 11 is 0. The van der Waals surface area contributed by atoms with E-state index in [2.05, 4.69) is 49.9 Å². The number of nitrogens with zero attached hydrogens (tertiary/aromatic N) is 1. The van der Waals surface area contributed by atoms with Gasteiger partial charge in [0.2, 0.25) is 0 Å². The van der Waals surface area contributed by atoms with Gasteiger partial charge in [-0.2, -0.15) is 0 Å². The summed E-state index contributed by atoms with van der Waals surface area (Å²) in [5, 5.41) is 0. The molecule has 1 atom stereocenters. The zero-order chi connectivity index (χ0) is 13.1. The van der Waals surface area contributed by atoms with Crippen molar-refractivity contribution in [3.05, 3.63) is 35.4 Å². The van der Waals surface area contributed by atoms with E-state index in [0.29, 0.717) is 18.5 Å². The van der Waals surface area contributed by atoms with Crippen LogP contribution in [0.3, 0.4) is 0 Å². The molecule has 1 aromatic rings. The minimum absolute atomic E-state index is 0.390. The molecule has 0 amide bonds. The Morgan fingerprint density at radius 2 is 1.94 bits per heavy atom. The molecular weight excluding hydrogens is 220 g/mol. The van der Waals surface area contributed by atoms with Gasteiger partial charge < -0.3 is 5.73 Å². The van der Waals surface area contributed by atoms with Gasteiger partial charge in [-0.25, -0.2) is 0 Å². The third-order valence-electron chi connectivity index (χ3n) is 3.76. The van der Waals surface area contributed by atoms with E-state index in [4.69, 9.17) is 5.73 Å². The van der Waals surface area contributed by atoms with E-state index < -0.39 is 0 Å². The van der Waals surface area contributed by atoms with Crippen molar-refractivity contribution in [2.45, 2.75) is 45.7 Å². The molecule has 0 aromatic heterocycles. The Kier molecular flexibility index (Phi) is 4.41. The van der Waals surface area contributed by atoms with Crippen molar-refractivity contribution >= 4 is 0 Å². The van der Waals surface area contributed by atoms with Crippen LogP contribution in [-0.4, -0.2) is 24.0 Å². The second-order valence-corrected chi connectivity index (χ2v) is 5.93. The lowest BCUT2D eigenvalue weighted by atomic mass is 9.99. The number of benzene rings is 1. The number of nitrogens with two attached hydrogens (primary N) is 1. The maximum absolute atomic E-state index is 6.07. The molecule has 2 nitrogen and oxygen atoms in total. The van der Waals surface area contributed by atoms with Crippen molar-refractivity contribution in [2.24, 2.45) is 11.7 Å². The lowest BCUT2D eigenvalue weighted by Gasteiger charge is -2.33. The smallest absolute Gasteiger partial charge is 0.0476 e. The van der Waals surface area contributed by atoms with E-state index >= 15 is 0 Å². The first kappa shape index (κ1) is 13.6. The normalized spacial score (nSPS) is 17.4. The fraction of sp³-hybridized carbons (Fsp3) is 0.625. The lowest BCUT2D eigenvalue weighted by molar-refractivity contribution is 0.169. The zero-order valence-electron chi connectivity index (χ0n) is 11.9. The minimum atomic E-state index is 0.390. The number of hydrogen-bond donors (Lipinski definition) is 1. The Bertz CT molecular complexity index is 382. The Hall–Kier alpha value is -0.860. The van der Waals surface area contributed by atoms with Crippen LogP contribution in [0, 0.1) is 12.8 Å². The summed E-state index contributed by atoms with van der Waals surface area (Å²) in [7, 11) is 0. The maximum atomic E-state index is 6.07. The summed E-state index contributed by atoms with van der Waals surface area (Å²) < 4.78 is 0. The highest BCUT2D eigenvalue weighted by atomic mass is 15.2. The molecule has 0 spiro atoms. The summed E-state index contributed by atoms with van der Waals surface area (Å²) in [6.45, 7) is 8.65. The van der Waals surface area contributed by atoms with Gasteiger partial charge in [-0.15, -0.1) is 0 Å². The van der Waals surface area contributed by atoms with Crippen LogP contribution in [0.15, 0.2) is 24.3 Å². The van der Waals surface area contributed by atoms with Crippen LogP contribution >= 0.6 is 0 Å². The fourth-order valence-electron chi connectivity index (χ4n) is 2.76. The number of rotatable bonds is 6. The van der Waals surface area contributed by atoms with E-state index in [-0.39, 0.29) is 0 Å². The van der Waals surface area contributed by atoms with Gasteiger partial charge in [0.05, 0.1) is 0 Å². The molecule has 18 heavy (non-hydrogen) atoms. The predicted molar refractivity (Wildman–Crippen MR) is 77.5 cm³/mol. The molecule has 1 saturated carbocycles. The van der Waals surface area contributed by atoms with Crippen molar-refractivity contribution in [1.29, 1.82) is 0 Å². The second kappa shape index (κ2) is 5.85. The number of hydrogen-bond acceptors (Lipinski definition) is 2. The van der Waals surface area contributed by atoms with Gasteiger partial charge in [0.1, 0.15) is 0 Å². The standard InChI is InChI=1S/C16H26N2/c1-12(2)11-18(14-8-9-14)16(10-17)15-7-5-4-6-13(15)3/h4-7,12,14,16H,8-11,17H2,1-3H3. The fourth-order valence-corrected chi connectivity index (χ4v) is 2.76. The molecule has 1 aliphatic rings. The van der Waals surface area contributed by atoms with Gasteiger partial charge >= 0.3 is 0 Å². The first-order valence-corrected chi connectivity index (χ1v) is 7.14. The zero-order valence-corrected chi connectivity index (χ0v) is 11.9. The van der Waals surface area contributed by atoms with E-state index in [9.17, 15) is 0 Å². The Morgan fingerprint density at radius 1 is 1.28 bits per heavy atom. The molecule has 2 N–H and O–H groups in total. The highest BCUT2D eigenvalue weighted by Gasteiger charge is 2.34. The van der Waals surface area contributed by atoms with Crippen molar-refractivity contribution in [2.75, 3.05) is 13.1 Å². The molecule has 0 aliphatic heterocycles. The van der Waals surface area contributed by atoms with Crippen LogP contribution < -0.4 is 5.73 Å². The molecule has 1 aliphatic carbocycles. The Balaban J connectivity index is 2.22. The van der Waals surface area contributed by atoms with Gasteiger partial charge in [-0.1, -0.05) is 38.1 Å². The van der Waals surface area contributed by atoms with E-state index in [1.54, 1.807) is 0 Å². The Morgan fingerprint density at radius 3 is 2.44 bits per heavy atom. The van der Waals surface area contributed by atoms with Gasteiger partial charge in [0.25, 0.3) is 0 Å². The molecule has 0 saturated heterocycles. The predicted octanol–water partition coefficient (Wildman–Crippen LogP) is 3.12. The lowest BCUT2D eigenvalue weighted by Crippen LogP contribution is -2.38. The number of aryl methyl sites for hydroxylation is 1. The van der Waals surface area contributed by atoms with Crippen LogP contribution in [0.1, 0.15) is 43.9 Å². The minimum Gasteiger partial charge on any atom is -0.329 e.